The lowest BCUT2D eigenvalue weighted by atomic mass is 9.87. The van der Waals surface area contributed by atoms with Gasteiger partial charge in [0.15, 0.2) is 0 Å². The molecule has 4 heteroatoms. The number of allylic oxidation sites excluding steroid dienone is 2. The second-order valence-electron chi connectivity index (χ2n) is 6.64. The number of nitro groups is 1. The van der Waals surface area contributed by atoms with Crippen LogP contribution in [0.5, 0.6) is 0 Å². The van der Waals surface area contributed by atoms with Crippen LogP contribution in [0.25, 0.3) is 5.57 Å². The summed E-state index contributed by atoms with van der Waals surface area (Å²) in [6.45, 7) is 1.85. The fourth-order valence-electron chi connectivity index (χ4n) is 3.34. The summed E-state index contributed by atoms with van der Waals surface area (Å²) in [5.74, 6) is 0.0938. The lowest BCUT2D eigenvalue weighted by molar-refractivity contribution is -0.384. The largest absolute Gasteiger partial charge is 0.298 e. The molecule has 3 aromatic rings. The topological polar surface area (TPSA) is 60.2 Å². The third-order valence-electron chi connectivity index (χ3n) is 4.85. The number of non-ortho nitro benzene ring substituents is 1. The van der Waals surface area contributed by atoms with E-state index in [1.54, 1.807) is 6.07 Å². The minimum atomic E-state index is -0.442. The molecule has 0 atom stereocenters. The predicted octanol–water partition coefficient (Wildman–Crippen LogP) is 5.71. The highest BCUT2D eigenvalue weighted by atomic mass is 16.6. The van der Waals surface area contributed by atoms with E-state index in [1.165, 1.54) is 12.1 Å². The predicted molar refractivity (Wildman–Crippen MR) is 111 cm³/mol. The van der Waals surface area contributed by atoms with Crippen molar-refractivity contribution >= 4 is 17.5 Å². The van der Waals surface area contributed by atoms with E-state index in [1.807, 2.05) is 49.4 Å². The Morgan fingerprint density at radius 3 is 2.04 bits per heavy atom. The number of hydrogen-bond acceptors (Lipinski definition) is 3. The van der Waals surface area contributed by atoms with Crippen molar-refractivity contribution in [2.45, 2.75) is 19.3 Å². The molecule has 4 nitrogen and oxygen atoms in total. The number of rotatable bonds is 7. The first-order valence-corrected chi connectivity index (χ1v) is 9.11. The highest BCUT2D eigenvalue weighted by Crippen LogP contribution is 2.30. The minimum Gasteiger partial charge on any atom is -0.298 e. The number of benzene rings is 3. The number of hydrogen-bond donors (Lipinski definition) is 0. The number of aryl methyl sites for hydroxylation is 1. The van der Waals surface area contributed by atoms with Crippen LogP contribution in [0.3, 0.4) is 0 Å². The molecular weight excluding hydrogens is 350 g/mol. The third kappa shape index (κ3) is 4.41. The summed E-state index contributed by atoms with van der Waals surface area (Å²) in [6.07, 6.45) is 3.27. The van der Waals surface area contributed by atoms with Gasteiger partial charge in [-0.2, -0.15) is 0 Å². The van der Waals surface area contributed by atoms with Crippen molar-refractivity contribution in [3.8, 4) is 0 Å². The molecule has 0 heterocycles. The second-order valence-corrected chi connectivity index (χ2v) is 6.64. The number of nitrogens with zero attached hydrogens (tertiary/aromatic N) is 1. The molecule has 0 unspecified atom stereocenters. The summed E-state index contributed by atoms with van der Waals surface area (Å²) >= 11 is 0. The molecule has 0 aliphatic carbocycles. The molecule has 0 aromatic heterocycles. The maximum absolute atomic E-state index is 11.8. The molecule has 0 spiro atoms. The van der Waals surface area contributed by atoms with E-state index in [2.05, 4.69) is 24.3 Å². The summed E-state index contributed by atoms with van der Waals surface area (Å²) in [6, 6.07) is 24.9. The molecule has 28 heavy (non-hydrogen) atoms. The van der Waals surface area contributed by atoms with Gasteiger partial charge in [0.1, 0.15) is 6.29 Å². The Balaban J connectivity index is 1.99. The van der Waals surface area contributed by atoms with Crippen LogP contribution in [-0.4, -0.2) is 11.2 Å². The molecule has 3 rings (SSSR count). The molecule has 3 aromatic carbocycles. The summed E-state index contributed by atoms with van der Waals surface area (Å²) in [5, 5.41) is 11.1. The van der Waals surface area contributed by atoms with E-state index in [4.69, 9.17) is 0 Å². The Morgan fingerprint density at radius 2 is 1.54 bits per heavy atom. The fraction of sp³-hybridized carbons (Fsp3) is 0.125. The first kappa shape index (κ1) is 19.2. The highest BCUT2D eigenvalue weighted by molar-refractivity contribution is 6.07. The Bertz CT molecular complexity index is 955. The molecule has 0 fully saturated rings. The SMILES string of the molecule is Cc1ccc([N+](=O)[O-])cc1/C(C=O)=C\CC(c1ccccc1)c1ccccc1. The van der Waals surface area contributed by atoms with Gasteiger partial charge in [-0.05, 0) is 35.6 Å². The van der Waals surface area contributed by atoms with Crippen molar-refractivity contribution in [1.82, 2.24) is 0 Å². The molecule has 0 saturated carbocycles. The third-order valence-corrected chi connectivity index (χ3v) is 4.85. The summed E-state index contributed by atoms with van der Waals surface area (Å²) in [4.78, 5) is 22.5. The standard InChI is InChI=1S/C24H21NO3/c1-18-12-14-22(25(27)28)16-24(18)21(17-26)13-15-23(19-8-4-2-5-9-19)20-10-6-3-7-11-20/h2-14,16-17,23H,15H2,1H3/b21-13-. The van der Waals surface area contributed by atoms with Gasteiger partial charge in [0.25, 0.3) is 5.69 Å². The Hall–Kier alpha value is -3.53. The van der Waals surface area contributed by atoms with Crippen LogP contribution in [-0.2, 0) is 4.79 Å². The molecule has 0 N–H and O–H groups in total. The summed E-state index contributed by atoms with van der Waals surface area (Å²) in [7, 11) is 0. The molecule has 0 aliphatic heterocycles. The van der Waals surface area contributed by atoms with E-state index in [9.17, 15) is 14.9 Å². The number of aldehydes is 1. The van der Waals surface area contributed by atoms with Crippen LogP contribution in [0, 0.1) is 17.0 Å². The van der Waals surface area contributed by atoms with E-state index in [0.29, 0.717) is 17.6 Å². The number of nitro benzene ring substituents is 1. The second kappa shape index (κ2) is 8.91. The highest BCUT2D eigenvalue weighted by Gasteiger charge is 2.15. The Morgan fingerprint density at radius 1 is 0.964 bits per heavy atom. The average molecular weight is 371 g/mol. The molecule has 0 bridgehead atoms. The van der Waals surface area contributed by atoms with Gasteiger partial charge in [0, 0.05) is 23.6 Å². The van der Waals surface area contributed by atoms with Gasteiger partial charge >= 0.3 is 0 Å². The van der Waals surface area contributed by atoms with Crippen LogP contribution in [0.1, 0.15) is 34.6 Å². The summed E-state index contributed by atoms with van der Waals surface area (Å²) in [5.41, 5.74) is 4.20. The maximum atomic E-state index is 11.8. The van der Waals surface area contributed by atoms with Crippen molar-refractivity contribution in [1.29, 1.82) is 0 Å². The Kier molecular flexibility index (Phi) is 6.12. The maximum Gasteiger partial charge on any atom is 0.270 e. The van der Waals surface area contributed by atoms with E-state index in [0.717, 1.165) is 23.0 Å². The van der Waals surface area contributed by atoms with Crippen molar-refractivity contribution in [3.05, 3.63) is 117 Å². The summed E-state index contributed by atoms with van der Waals surface area (Å²) < 4.78 is 0. The first-order valence-electron chi connectivity index (χ1n) is 9.11. The smallest absolute Gasteiger partial charge is 0.270 e. The lowest BCUT2D eigenvalue weighted by Crippen LogP contribution is -2.01. The Labute approximate surface area is 164 Å². The molecular formula is C24H21NO3. The zero-order valence-electron chi connectivity index (χ0n) is 15.6. The molecule has 0 saturated heterocycles. The van der Waals surface area contributed by atoms with Gasteiger partial charge in [-0.3, -0.25) is 14.9 Å². The average Bonchev–Trinajstić information content (AvgIpc) is 2.73. The van der Waals surface area contributed by atoms with Crippen molar-refractivity contribution < 1.29 is 9.72 Å². The van der Waals surface area contributed by atoms with Gasteiger partial charge in [0.2, 0.25) is 0 Å². The van der Waals surface area contributed by atoms with Crippen LogP contribution in [0.4, 0.5) is 5.69 Å². The number of carbonyl (C=O) groups excluding carboxylic acids is 1. The van der Waals surface area contributed by atoms with Crippen LogP contribution >= 0.6 is 0 Å². The zero-order chi connectivity index (χ0) is 19.9. The van der Waals surface area contributed by atoms with Crippen LogP contribution < -0.4 is 0 Å². The first-order chi connectivity index (χ1) is 13.6. The molecule has 0 radical (unpaired) electrons. The van der Waals surface area contributed by atoms with Crippen LogP contribution in [0.2, 0.25) is 0 Å². The van der Waals surface area contributed by atoms with Gasteiger partial charge in [-0.15, -0.1) is 0 Å². The quantitative estimate of drug-likeness (QED) is 0.231. The van der Waals surface area contributed by atoms with E-state index < -0.39 is 4.92 Å². The lowest BCUT2D eigenvalue weighted by Gasteiger charge is -2.17. The normalized spacial score (nSPS) is 11.4. The van der Waals surface area contributed by atoms with Crippen molar-refractivity contribution in [3.63, 3.8) is 0 Å². The molecule has 0 aliphatic rings. The number of carbonyl (C=O) groups is 1. The van der Waals surface area contributed by atoms with Crippen molar-refractivity contribution in [2.24, 2.45) is 0 Å². The van der Waals surface area contributed by atoms with Crippen LogP contribution in [0.15, 0.2) is 84.9 Å². The monoisotopic (exact) mass is 371 g/mol. The van der Waals surface area contributed by atoms with E-state index in [-0.39, 0.29) is 11.6 Å². The van der Waals surface area contributed by atoms with Gasteiger partial charge in [0.05, 0.1) is 4.92 Å². The zero-order valence-corrected chi connectivity index (χ0v) is 15.6. The fourth-order valence-corrected chi connectivity index (χ4v) is 3.34. The molecule has 0 amide bonds. The van der Waals surface area contributed by atoms with E-state index >= 15 is 0 Å². The van der Waals surface area contributed by atoms with Gasteiger partial charge in [-0.25, -0.2) is 0 Å². The molecule has 140 valence electrons. The van der Waals surface area contributed by atoms with Crippen molar-refractivity contribution in [2.75, 3.05) is 0 Å². The van der Waals surface area contributed by atoms with Gasteiger partial charge < -0.3 is 0 Å². The van der Waals surface area contributed by atoms with Gasteiger partial charge in [-0.1, -0.05) is 72.8 Å². The minimum absolute atomic E-state index is 0.0176.